The van der Waals surface area contributed by atoms with Crippen LogP contribution in [0, 0.1) is 0 Å². The highest BCUT2D eigenvalue weighted by Gasteiger charge is 2.17. The van der Waals surface area contributed by atoms with Crippen LogP contribution in [0.3, 0.4) is 0 Å². The summed E-state index contributed by atoms with van der Waals surface area (Å²) in [6, 6.07) is 9.69. The molecule has 1 aromatic carbocycles. The number of carbonyl (C=O) groups is 1. The van der Waals surface area contributed by atoms with Crippen molar-refractivity contribution >= 4 is 5.97 Å². The van der Waals surface area contributed by atoms with E-state index in [1.165, 1.54) is 0 Å². The third kappa shape index (κ3) is 3.36. The number of benzene rings is 1. The van der Waals surface area contributed by atoms with Gasteiger partial charge in [-0.15, -0.1) is 0 Å². The maximum absolute atomic E-state index is 12.0. The van der Waals surface area contributed by atoms with Crippen molar-refractivity contribution in [3.63, 3.8) is 0 Å². The van der Waals surface area contributed by atoms with E-state index in [4.69, 9.17) is 9.47 Å². The Bertz CT molecular complexity index is 434. The molecule has 3 nitrogen and oxygen atoms in total. The lowest BCUT2D eigenvalue weighted by Crippen LogP contribution is -2.10. The normalized spacial score (nSPS) is 15.8. The molecule has 2 rings (SSSR count). The van der Waals surface area contributed by atoms with Gasteiger partial charge in [-0.25, -0.2) is 4.79 Å². The molecule has 0 aromatic heterocycles. The van der Waals surface area contributed by atoms with Crippen molar-refractivity contribution < 1.29 is 14.3 Å². The van der Waals surface area contributed by atoms with Crippen LogP contribution in [0.4, 0.5) is 0 Å². The maximum atomic E-state index is 12.0. The second-order valence-electron chi connectivity index (χ2n) is 4.40. The van der Waals surface area contributed by atoms with Crippen molar-refractivity contribution in [2.75, 3.05) is 6.61 Å². The van der Waals surface area contributed by atoms with Gasteiger partial charge in [0.15, 0.2) is 0 Å². The van der Waals surface area contributed by atoms with Gasteiger partial charge in [-0.3, -0.25) is 0 Å². The van der Waals surface area contributed by atoms with E-state index in [1.54, 1.807) is 0 Å². The van der Waals surface area contributed by atoms with Crippen LogP contribution in [0.15, 0.2) is 41.7 Å². The van der Waals surface area contributed by atoms with Crippen molar-refractivity contribution in [2.24, 2.45) is 0 Å². The molecular formula is C15H18O3. The van der Waals surface area contributed by atoms with Gasteiger partial charge in [-0.1, -0.05) is 30.3 Å². The van der Waals surface area contributed by atoms with E-state index in [9.17, 15) is 4.79 Å². The lowest BCUT2D eigenvalue weighted by atomic mass is 10.1. The molecule has 3 heteroatoms. The van der Waals surface area contributed by atoms with Crippen molar-refractivity contribution in [1.82, 2.24) is 0 Å². The molecule has 0 atom stereocenters. The van der Waals surface area contributed by atoms with E-state index in [0.29, 0.717) is 24.5 Å². The van der Waals surface area contributed by atoms with Crippen molar-refractivity contribution in [1.29, 1.82) is 0 Å². The molecule has 1 heterocycles. The molecule has 0 fully saturated rings. The van der Waals surface area contributed by atoms with E-state index < -0.39 is 0 Å². The molecule has 0 spiro atoms. The van der Waals surface area contributed by atoms with Gasteiger partial charge in [0, 0.05) is 0 Å². The zero-order chi connectivity index (χ0) is 12.8. The van der Waals surface area contributed by atoms with Gasteiger partial charge in [0.2, 0.25) is 0 Å². The standard InChI is InChI=1S/C15H18O3/c1-12-14(9-5-6-10-17-12)15(16)18-11-13-7-3-2-4-8-13/h2-4,7-8H,5-6,9-11H2,1H3. The van der Waals surface area contributed by atoms with Crippen LogP contribution in [0.25, 0.3) is 0 Å². The van der Waals surface area contributed by atoms with E-state index in [-0.39, 0.29) is 5.97 Å². The summed E-state index contributed by atoms with van der Waals surface area (Å²) >= 11 is 0. The summed E-state index contributed by atoms with van der Waals surface area (Å²) in [5.74, 6) is 0.462. The molecule has 0 aliphatic carbocycles. The van der Waals surface area contributed by atoms with Crippen LogP contribution in [-0.4, -0.2) is 12.6 Å². The monoisotopic (exact) mass is 246 g/mol. The van der Waals surface area contributed by atoms with Gasteiger partial charge in [0.25, 0.3) is 0 Å². The predicted octanol–water partition coefficient (Wildman–Crippen LogP) is 3.20. The highest BCUT2D eigenvalue weighted by Crippen LogP contribution is 2.20. The third-order valence-corrected chi connectivity index (χ3v) is 3.02. The molecule has 0 unspecified atom stereocenters. The number of carbonyl (C=O) groups excluding carboxylic acids is 1. The fourth-order valence-corrected chi connectivity index (χ4v) is 1.95. The molecule has 0 saturated carbocycles. The zero-order valence-corrected chi connectivity index (χ0v) is 10.6. The number of hydrogen-bond donors (Lipinski definition) is 0. The van der Waals surface area contributed by atoms with E-state index in [0.717, 1.165) is 24.8 Å². The molecule has 96 valence electrons. The first-order chi connectivity index (χ1) is 8.77. The summed E-state index contributed by atoms with van der Waals surface area (Å²) in [6.07, 6.45) is 2.72. The van der Waals surface area contributed by atoms with Crippen LogP contribution in [0.5, 0.6) is 0 Å². The molecule has 0 bridgehead atoms. The average molecular weight is 246 g/mol. The fourth-order valence-electron chi connectivity index (χ4n) is 1.95. The Hall–Kier alpha value is -1.77. The highest BCUT2D eigenvalue weighted by atomic mass is 16.5. The fraction of sp³-hybridized carbons (Fsp3) is 0.400. The second kappa shape index (κ2) is 6.24. The third-order valence-electron chi connectivity index (χ3n) is 3.02. The smallest absolute Gasteiger partial charge is 0.337 e. The Morgan fingerprint density at radius 2 is 2.06 bits per heavy atom. The Morgan fingerprint density at radius 3 is 2.83 bits per heavy atom. The first-order valence-electron chi connectivity index (χ1n) is 6.31. The summed E-state index contributed by atoms with van der Waals surface area (Å²) in [7, 11) is 0. The van der Waals surface area contributed by atoms with Crippen LogP contribution in [-0.2, 0) is 20.9 Å². The number of allylic oxidation sites excluding steroid dienone is 1. The molecule has 1 aromatic rings. The van der Waals surface area contributed by atoms with Crippen molar-refractivity contribution in [2.45, 2.75) is 32.8 Å². The van der Waals surface area contributed by atoms with Gasteiger partial charge >= 0.3 is 5.97 Å². The number of hydrogen-bond acceptors (Lipinski definition) is 3. The summed E-state index contributed by atoms with van der Waals surface area (Å²) < 4.78 is 10.8. The topological polar surface area (TPSA) is 35.5 Å². The van der Waals surface area contributed by atoms with Gasteiger partial charge in [0.05, 0.1) is 12.2 Å². The number of rotatable bonds is 3. The quantitative estimate of drug-likeness (QED) is 0.768. The SMILES string of the molecule is CC1=C(C(=O)OCc2ccccc2)CCCCO1. The van der Waals surface area contributed by atoms with Gasteiger partial charge in [-0.05, 0) is 31.7 Å². The number of ether oxygens (including phenoxy) is 2. The average Bonchev–Trinajstić information content (AvgIpc) is 2.62. The molecule has 1 aliphatic rings. The lowest BCUT2D eigenvalue weighted by molar-refractivity contribution is -0.140. The molecule has 0 saturated heterocycles. The summed E-state index contributed by atoms with van der Waals surface area (Å²) in [5.41, 5.74) is 1.68. The second-order valence-corrected chi connectivity index (χ2v) is 4.40. The largest absolute Gasteiger partial charge is 0.498 e. The van der Waals surface area contributed by atoms with E-state index >= 15 is 0 Å². The van der Waals surface area contributed by atoms with Crippen LogP contribution in [0.2, 0.25) is 0 Å². The molecule has 0 N–H and O–H groups in total. The summed E-state index contributed by atoms with van der Waals surface area (Å²) in [6.45, 7) is 2.85. The Labute approximate surface area is 107 Å². The van der Waals surface area contributed by atoms with Crippen molar-refractivity contribution in [3.8, 4) is 0 Å². The summed E-state index contributed by atoms with van der Waals surface area (Å²) in [5, 5.41) is 0. The molecule has 1 aliphatic heterocycles. The van der Waals surface area contributed by atoms with E-state index in [2.05, 4.69) is 0 Å². The molecule has 18 heavy (non-hydrogen) atoms. The van der Waals surface area contributed by atoms with Gasteiger partial charge < -0.3 is 9.47 Å². The van der Waals surface area contributed by atoms with Gasteiger partial charge in [0.1, 0.15) is 12.4 Å². The minimum Gasteiger partial charge on any atom is -0.498 e. The van der Waals surface area contributed by atoms with E-state index in [1.807, 2.05) is 37.3 Å². The first kappa shape index (κ1) is 12.7. The Kier molecular flexibility index (Phi) is 4.40. The van der Waals surface area contributed by atoms with Crippen LogP contribution in [0.1, 0.15) is 31.7 Å². The highest BCUT2D eigenvalue weighted by molar-refractivity contribution is 5.88. The number of esters is 1. The lowest BCUT2D eigenvalue weighted by Gasteiger charge is -2.09. The first-order valence-corrected chi connectivity index (χ1v) is 6.31. The molecular weight excluding hydrogens is 228 g/mol. The predicted molar refractivity (Wildman–Crippen MR) is 68.7 cm³/mol. The maximum Gasteiger partial charge on any atom is 0.337 e. The zero-order valence-electron chi connectivity index (χ0n) is 10.6. The molecule has 0 amide bonds. The van der Waals surface area contributed by atoms with Crippen molar-refractivity contribution in [3.05, 3.63) is 47.2 Å². The van der Waals surface area contributed by atoms with Gasteiger partial charge in [-0.2, -0.15) is 0 Å². The summed E-state index contributed by atoms with van der Waals surface area (Å²) in [4.78, 5) is 12.0. The Morgan fingerprint density at radius 1 is 1.28 bits per heavy atom. The minimum absolute atomic E-state index is 0.252. The van der Waals surface area contributed by atoms with Crippen LogP contribution >= 0.6 is 0 Å². The Balaban J connectivity index is 1.95. The minimum atomic E-state index is -0.252. The van der Waals surface area contributed by atoms with Crippen LogP contribution < -0.4 is 0 Å². The molecule has 0 radical (unpaired) electrons.